The smallest absolute Gasteiger partial charge is 0.266 e. The van der Waals surface area contributed by atoms with Crippen molar-refractivity contribution in [2.75, 3.05) is 5.32 Å². The van der Waals surface area contributed by atoms with E-state index in [-0.39, 0.29) is 11.7 Å². The number of aryl methyl sites for hydroxylation is 4. The Kier molecular flexibility index (Phi) is 5.77. The molecule has 0 saturated carbocycles. The zero-order chi connectivity index (χ0) is 21.3. The van der Waals surface area contributed by atoms with E-state index in [0.29, 0.717) is 16.5 Å². The second-order valence-electron chi connectivity index (χ2n) is 7.77. The first-order chi connectivity index (χ1) is 14.4. The number of aromatic nitrogens is 2. The van der Waals surface area contributed by atoms with Crippen molar-refractivity contribution in [1.82, 2.24) is 10.3 Å². The van der Waals surface area contributed by atoms with Crippen LogP contribution in [-0.4, -0.2) is 22.3 Å². The van der Waals surface area contributed by atoms with Crippen LogP contribution in [0.1, 0.15) is 42.0 Å². The fourth-order valence-corrected chi connectivity index (χ4v) is 3.90. The number of benzene rings is 2. The van der Waals surface area contributed by atoms with Crippen molar-refractivity contribution in [3.63, 3.8) is 0 Å². The maximum absolute atomic E-state index is 12.7. The molecule has 2 aromatic carbocycles. The Morgan fingerprint density at radius 2 is 1.80 bits per heavy atom. The molecule has 0 bridgehead atoms. The summed E-state index contributed by atoms with van der Waals surface area (Å²) in [4.78, 5) is 12.7. The molecule has 1 aliphatic carbocycles. The lowest BCUT2D eigenvalue weighted by molar-refractivity contribution is -0.122. The van der Waals surface area contributed by atoms with Crippen LogP contribution in [-0.2, 0) is 17.6 Å². The van der Waals surface area contributed by atoms with Crippen molar-refractivity contribution >= 4 is 23.3 Å². The van der Waals surface area contributed by atoms with Gasteiger partial charge in [0, 0.05) is 10.6 Å². The highest BCUT2D eigenvalue weighted by atomic mass is 35.5. The Balaban J connectivity index is 1.49. The molecule has 1 heterocycles. The first-order valence-corrected chi connectivity index (χ1v) is 10.5. The number of anilines is 1. The molecule has 6 nitrogen and oxygen atoms in total. The van der Waals surface area contributed by atoms with Gasteiger partial charge in [-0.1, -0.05) is 23.7 Å². The van der Waals surface area contributed by atoms with Gasteiger partial charge in [-0.15, -0.1) is 0 Å². The highest BCUT2D eigenvalue weighted by Crippen LogP contribution is 2.30. The van der Waals surface area contributed by atoms with E-state index in [1.54, 1.807) is 6.92 Å². The lowest BCUT2D eigenvalue weighted by Gasteiger charge is -2.17. The highest BCUT2D eigenvalue weighted by molar-refractivity contribution is 6.32. The summed E-state index contributed by atoms with van der Waals surface area (Å²) in [6.07, 6.45) is 3.84. The minimum absolute atomic E-state index is 0.287. The molecule has 0 unspecified atom stereocenters. The number of rotatable bonds is 5. The molecular weight excluding hydrogens is 402 g/mol. The normalized spacial score (nSPS) is 14.1. The maximum atomic E-state index is 12.7. The Labute approximate surface area is 180 Å². The molecule has 3 aromatic rings. The van der Waals surface area contributed by atoms with Gasteiger partial charge in [0.2, 0.25) is 5.82 Å². The van der Waals surface area contributed by atoms with Gasteiger partial charge in [0.05, 0.1) is 0 Å². The zero-order valence-corrected chi connectivity index (χ0v) is 18.0. The summed E-state index contributed by atoms with van der Waals surface area (Å²) in [6, 6.07) is 9.87. The fourth-order valence-electron chi connectivity index (χ4n) is 3.79. The van der Waals surface area contributed by atoms with Crippen molar-refractivity contribution in [2.24, 2.45) is 0 Å². The van der Waals surface area contributed by atoms with Crippen LogP contribution < -0.4 is 10.1 Å². The largest absolute Gasteiger partial charge is 0.481 e. The van der Waals surface area contributed by atoms with Gasteiger partial charge < -0.3 is 10.1 Å². The molecular formula is C23H24ClN3O3. The van der Waals surface area contributed by atoms with Crippen LogP contribution in [0.15, 0.2) is 35.0 Å². The summed E-state index contributed by atoms with van der Waals surface area (Å²) in [6.45, 7) is 5.48. The van der Waals surface area contributed by atoms with Crippen molar-refractivity contribution in [2.45, 2.75) is 52.6 Å². The lowest BCUT2D eigenvalue weighted by atomic mass is 9.90. The molecule has 0 spiro atoms. The van der Waals surface area contributed by atoms with E-state index in [1.807, 2.05) is 32.0 Å². The summed E-state index contributed by atoms with van der Waals surface area (Å²) >= 11 is 6.20. The highest BCUT2D eigenvalue weighted by Gasteiger charge is 2.21. The number of fused-ring (bicyclic) bond motifs is 1. The van der Waals surface area contributed by atoms with E-state index < -0.39 is 6.10 Å². The monoisotopic (exact) mass is 425 g/mol. The molecule has 1 aliphatic rings. The van der Waals surface area contributed by atoms with E-state index >= 15 is 0 Å². The molecule has 1 amide bonds. The van der Waals surface area contributed by atoms with Gasteiger partial charge in [0.1, 0.15) is 5.75 Å². The van der Waals surface area contributed by atoms with Crippen molar-refractivity contribution in [3.8, 4) is 17.0 Å². The molecule has 1 aromatic heterocycles. The van der Waals surface area contributed by atoms with Crippen LogP contribution in [0.3, 0.4) is 0 Å². The number of halogens is 1. The summed E-state index contributed by atoms with van der Waals surface area (Å²) in [5, 5.41) is 11.4. The Hall–Kier alpha value is -2.86. The number of nitrogens with zero attached hydrogens (tertiary/aromatic N) is 2. The summed E-state index contributed by atoms with van der Waals surface area (Å²) in [7, 11) is 0. The van der Waals surface area contributed by atoms with E-state index in [0.717, 1.165) is 29.5 Å². The molecule has 1 N–H and O–H groups in total. The quantitative estimate of drug-likeness (QED) is 0.600. The van der Waals surface area contributed by atoms with Crippen LogP contribution in [0.5, 0.6) is 5.75 Å². The van der Waals surface area contributed by atoms with Crippen LogP contribution in [0.25, 0.3) is 11.3 Å². The van der Waals surface area contributed by atoms with Gasteiger partial charge >= 0.3 is 0 Å². The number of hydrogen-bond donors (Lipinski definition) is 1. The second-order valence-corrected chi connectivity index (χ2v) is 8.15. The predicted octanol–water partition coefficient (Wildman–Crippen LogP) is 5.29. The lowest BCUT2D eigenvalue weighted by Crippen LogP contribution is -2.30. The minimum Gasteiger partial charge on any atom is -0.481 e. The maximum Gasteiger partial charge on any atom is 0.266 e. The topological polar surface area (TPSA) is 77.2 Å². The summed E-state index contributed by atoms with van der Waals surface area (Å²) in [5.74, 6) is 0.537. The third-order valence-electron chi connectivity index (χ3n) is 5.44. The van der Waals surface area contributed by atoms with Crippen LogP contribution >= 0.6 is 11.6 Å². The molecule has 7 heteroatoms. The molecule has 4 rings (SSSR count). The third-order valence-corrected chi connectivity index (χ3v) is 6.04. The average molecular weight is 426 g/mol. The van der Waals surface area contributed by atoms with Crippen LogP contribution in [0, 0.1) is 13.8 Å². The first kappa shape index (κ1) is 20.4. The Bertz CT molecular complexity index is 1070. The van der Waals surface area contributed by atoms with Gasteiger partial charge in [0.15, 0.2) is 11.8 Å². The van der Waals surface area contributed by atoms with E-state index in [2.05, 4.69) is 27.8 Å². The first-order valence-electron chi connectivity index (χ1n) is 10.1. The number of hydrogen-bond acceptors (Lipinski definition) is 5. The Morgan fingerprint density at radius 1 is 1.10 bits per heavy atom. The number of nitrogens with one attached hydrogen (secondary N) is 1. The van der Waals surface area contributed by atoms with Crippen molar-refractivity contribution < 1.29 is 14.2 Å². The van der Waals surface area contributed by atoms with Crippen LogP contribution in [0.2, 0.25) is 5.02 Å². The number of ether oxygens (including phenoxy) is 1. The average Bonchev–Trinajstić information content (AvgIpc) is 3.19. The van der Waals surface area contributed by atoms with Gasteiger partial charge in [-0.05, 0) is 97.2 Å². The molecule has 0 saturated heterocycles. The Morgan fingerprint density at radius 3 is 2.53 bits per heavy atom. The van der Waals surface area contributed by atoms with Gasteiger partial charge in [-0.3, -0.25) is 4.79 Å². The standard InChI is InChI=1S/C23H24ClN3O3/c1-13-10-19(11-14(2)20(13)24)29-15(3)23(28)25-22-21(26-30-27-22)18-9-8-16-6-4-5-7-17(16)12-18/h8-12,15H,4-7H2,1-3H3,(H,25,27,28)/t15-/m1/s1. The molecule has 1 atom stereocenters. The summed E-state index contributed by atoms with van der Waals surface area (Å²) in [5.41, 5.74) is 5.89. The predicted molar refractivity (Wildman–Crippen MR) is 116 cm³/mol. The minimum atomic E-state index is -0.738. The van der Waals surface area contributed by atoms with E-state index in [9.17, 15) is 4.79 Å². The van der Waals surface area contributed by atoms with E-state index in [1.165, 1.54) is 24.0 Å². The number of carbonyl (C=O) groups is 1. The molecule has 30 heavy (non-hydrogen) atoms. The van der Waals surface area contributed by atoms with Gasteiger partial charge in [0.25, 0.3) is 5.91 Å². The second kappa shape index (κ2) is 8.48. The third kappa shape index (κ3) is 4.19. The zero-order valence-electron chi connectivity index (χ0n) is 17.3. The van der Waals surface area contributed by atoms with Crippen molar-refractivity contribution in [1.29, 1.82) is 0 Å². The van der Waals surface area contributed by atoms with E-state index in [4.69, 9.17) is 21.0 Å². The molecule has 0 fully saturated rings. The van der Waals surface area contributed by atoms with Crippen molar-refractivity contribution in [3.05, 3.63) is 57.6 Å². The van der Waals surface area contributed by atoms with Gasteiger partial charge in [-0.25, -0.2) is 4.63 Å². The number of amides is 1. The molecule has 0 radical (unpaired) electrons. The number of carbonyl (C=O) groups excluding carboxylic acids is 1. The fraction of sp³-hybridized carbons (Fsp3) is 0.348. The van der Waals surface area contributed by atoms with Gasteiger partial charge in [-0.2, -0.15) is 0 Å². The molecule has 0 aliphatic heterocycles. The van der Waals surface area contributed by atoms with Crippen LogP contribution in [0.4, 0.5) is 5.82 Å². The molecule has 156 valence electrons. The summed E-state index contributed by atoms with van der Waals surface area (Å²) < 4.78 is 10.7. The SMILES string of the molecule is Cc1cc(O[C@H](C)C(=O)Nc2nonc2-c2ccc3c(c2)CCCC3)cc(C)c1Cl.